The topological polar surface area (TPSA) is 0 Å². The molecule has 0 bridgehead atoms. The summed E-state index contributed by atoms with van der Waals surface area (Å²) in [5.41, 5.74) is 2.67. The van der Waals surface area contributed by atoms with Gasteiger partial charge < -0.3 is 0 Å². The third kappa shape index (κ3) is 2.53. The van der Waals surface area contributed by atoms with E-state index in [2.05, 4.69) is 71.4 Å². The van der Waals surface area contributed by atoms with Crippen LogP contribution >= 0.6 is 15.9 Å². The van der Waals surface area contributed by atoms with Crippen molar-refractivity contribution in [1.29, 1.82) is 0 Å². The summed E-state index contributed by atoms with van der Waals surface area (Å²) >= 11 is 3.45. The van der Waals surface area contributed by atoms with Gasteiger partial charge in [-0.15, -0.1) is 0 Å². The number of alkyl halides is 1. The molecule has 82 valence electrons. The maximum atomic E-state index is 3.45. The zero-order valence-electron chi connectivity index (χ0n) is 9.41. The van der Waals surface area contributed by atoms with E-state index in [4.69, 9.17) is 0 Å². The average Bonchev–Trinajstić information content (AvgIpc) is 2.35. The van der Waals surface area contributed by atoms with Gasteiger partial charge in [0.05, 0.1) is 0 Å². The Morgan fingerprint density at radius 1 is 1.12 bits per heavy atom. The summed E-state index contributed by atoms with van der Waals surface area (Å²) in [4.78, 5) is 0. The monoisotopic (exact) mass is 274 g/mol. The summed E-state index contributed by atoms with van der Waals surface area (Å²) in [6.07, 6.45) is 3.36. The first kappa shape index (κ1) is 11.4. The Kier molecular flexibility index (Phi) is 3.79. The van der Waals surface area contributed by atoms with Crippen LogP contribution in [0, 0.1) is 0 Å². The number of benzene rings is 2. The molecule has 0 aromatic heterocycles. The Morgan fingerprint density at radius 3 is 2.62 bits per heavy atom. The quantitative estimate of drug-likeness (QED) is 0.689. The molecule has 0 fully saturated rings. The van der Waals surface area contributed by atoms with Crippen molar-refractivity contribution < 1.29 is 0 Å². The van der Waals surface area contributed by atoms with Gasteiger partial charge in [0, 0.05) is 5.33 Å². The van der Waals surface area contributed by atoms with Gasteiger partial charge in [0.1, 0.15) is 0 Å². The number of hydrogen-bond acceptors (Lipinski definition) is 0. The smallest absolute Gasteiger partial charge is 0.00661 e. The molecule has 0 unspecified atom stereocenters. The second-order valence-electron chi connectivity index (χ2n) is 3.93. The van der Waals surface area contributed by atoms with Crippen molar-refractivity contribution in [3.8, 4) is 0 Å². The first-order valence-corrected chi connectivity index (χ1v) is 6.65. The number of allylic oxidation sites excluding steroid dienone is 2. The molecule has 2 rings (SSSR count). The predicted molar refractivity (Wildman–Crippen MR) is 76.0 cm³/mol. The molecule has 1 heteroatoms. The Hall–Kier alpha value is -1.08. The Balaban J connectivity index is 2.39. The first-order chi connectivity index (χ1) is 7.81. The second kappa shape index (κ2) is 5.31. The van der Waals surface area contributed by atoms with E-state index in [1.54, 1.807) is 0 Å². The largest absolute Gasteiger partial charge is 0.0925 e. The van der Waals surface area contributed by atoms with Crippen LogP contribution in [-0.2, 0) is 0 Å². The molecule has 0 aliphatic rings. The summed E-state index contributed by atoms with van der Waals surface area (Å²) in [7, 11) is 0. The highest BCUT2D eigenvalue weighted by Gasteiger charge is 1.97. The maximum absolute atomic E-state index is 3.45. The average molecular weight is 275 g/mol. The van der Waals surface area contributed by atoms with Crippen molar-refractivity contribution in [2.24, 2.45) is 0 Å². The van der Waals surface area contributed by atoms with Gasteiger partial charge in [0.15, 0.2) is 0 Å². The molecule has 0 amide bonds. The van der Waals surface area contributed by atoms with Crippen molar-refractivity contribution in [3.63, 3.8) is 0 Å². The lowest BCUT2D eigenvalue weighted by molar-refractivity contribution is 1.26. The molecule has 2 aromatic carbocycles. The molecule has 0 radical (unpaired) electrons. The van der Waals surface area contributed by atoms with Crippen molar-refractivity contribution in [2.75, 3.05) is 5.33 Å². The van der Waals surface area contributed by atoms with Gasteiger partial charge in [-0.05, 0) is 41.3 Å². The fraction of sp³-hybridized carbons (Fsp3) is 0.200. The van der Waals surface area contributed by atoms with Crippen LogP contribution in [-0.4, -0.2) is 5.33 Å². The first-order valence-electron chi connectivity index (χ1n) is 5.53. The molecule has 0 spiro atoms. The third-order valence-corrected chi connectivity index (χ3v) is 3.22. The minimum atomic E-state index is 1.03. The Morgan fingerprint density at radius 2 is 1.88 bits per heavy atom. The van der Waals surface area contributed by atoms with Crippen molar-refractivity contribution >= 4 is 32.3 Å². The predicted octanol–water partition coefficient (Wildman–Crippen LogP) is 5.03. The standard InChI is InChI=1S/C15H15Br/c1-12(5-4-10-16)14-9-8-13-6-2-3-7-15(13)11-14/h2-3,5-9,11H,4,10H2,1H3/b12-5+. The van der Waals surface area contributed by atoms with Crippen LogP contribution in [0.25, 0.3) is 16.3 Å². The van der Waals surface area contributed by atoms with E-state index in [0.29, 0.717) is 0 Å². The summed E-state index contributed by atoms with van der Waals surface area (Å²) in [5.74, 6) is 0. The lowest BCUT2D eigenvalue weighted by Gasteiger charge is -2.04. The van der Waals surface area contributed by atoms with E-state index in [1.807, 2.05) is 0 Å². The highest BCUT2D eigenvalue weighted by atomic mass is 79.9. The lowest BCUT2D eigenvalue weighted by Crippen LogP contribution is -1.81. The number of hydrogen-bond donors (Lipinski definition) is 0. The van der Waals surface area contributed by atoms with Crippen LogP contribution in [0.4, 0.5) is 0 Å². The van der Waals surface area contributed by atoms with Gasteiger partial charge in [-0.1, -0.05) is 58.4 Å². The Labute approximate surface area is 105 Å². The van der Waals surface area contributed by atoms with Gasteiger partial charge in [-0.2, -0.15) is 0 Å². The molecule has 0 heterocycles. The molecule has 0 saturated carbocycles. The van der Waals surface area contributed by atoms with E-state index >= 15 is 0 Å². The number of rotatable bonds is 3. The molecular weight excluding hydrogens is 260 g/mol. The second-order valence-corrected chi connectivity index (χ2v) is 4.72. The molecule has 0 aliphatic carbocycles. The van der Waals surface area contributed by atoms with Crippen LogP contribution < -0.4 is 0 Å². The van der Waals surface area contributed by atoms with E-state index in [-0.39, 0.29) is 0 Å². The van der Waals surface area contributed by atoms with Gasteiger partial charge in [-0.25, -0.2) is 0 Å². The molecule has 16 heavy (non-hydrogen) atoms. The van der Waals surface area contributed by atoms with Crippen molar-refractivity contribution in [3.05, 3.63) is 54.1 Å². The molecule has 2 aromatic rings. The van der Waals surface area contributed by atoms with E-state index in [0.717, 1.165) is 11.8 Å². The van der Waals surface area contributed by atoms with E-state index in [9.17, 15) is 0 Å². The van der Waals surface area contributed by atoms with Gasteiger partial charge in [0.2, 0.25) is 0 Å². The zero-order chi connectivity index (χ0) is 11.4. The minimum absolute atomic E-state index is 1.03. The summed E-state index contributed by atoms with van der Waals surface area (Å²) in [6, 6.07) is 15.1. The van der Waals surface area contributed by atoms with E-state index in [1.165, 1.54) is 21.9 Å². The number of halogens is 1. The van der Waals surface area contributed by atoms with Crippen LogP contribution in [0.15, 0.2) is 48.5 Å². The highest BCUT2D eigenvalue weighted by Crippen LogP contribution is 2.21. The zero-order valence-corrected chi connectivity index (χ0v) is 11.0. The van der Waals surface area contributed by atoms with E-state index < -0.39 is 0 Å². The van der Waals surface area contributed by atoms with Crippen LogP contribution in [0.1, 0.15) is 18.9 Å². The van der Waals surface area contributed by atoms with Gasteiger partial charge in [-0.3, -0.25) is 0 Å². The van der Waals surface area contributed by atoms with Crippen molar-refractivity contribution in [2.45, 2.75) is 13.3 Å². The Bertz CT molecular complexity index is 512. The maximum Gasteiger partial charge on any atom is 0.00661 e. The molecule has 0 N–H and O–H groups in total. The van der Waals surface area contributed by atoms with Crippen LogP contribution in [0.2, 0.25) is 0 Å². The van der Waals surface area contributed by atoms with Gasteiger partial charge in [0.25, 0.3) is 0 Å². The van der Waals surface area contributed by atoms with Crippen molar-refractivity contribution in [1.82, 2.24) is 0 Å². The van der Waals surface area contributed by atoms with Crippen LogP contribution in [0.3, 0.4) is 0 Å². The fourth-order valence-electron chi connectivity index (χ4n) is 1.82. The van der Waals surface area contributed by atoms with Crippen LogP contribution in [0.5, 0.6) is 0 Å². The molecule has 0 saturated heterocycles. The third-order valence-electron chi connectivity index (χ3n) is 2.76. The normalized spacial score (nSPS) is 12.0. The molecule has 0 aliphatic heterocycles. The highest BCUT2D eigenvalue weighted by molar-refractivity contribution is 9.09. The molecule has 0 nitrogen and oxygen atoms in total. The lowest BCUT2D eigenvalue weighted by atomic mass is 10.0. The minimum Gasteiger partial charge on any atom is -0.0925 e. The fourth-order valence-corrected chi connectivity index (χ4v) is 2.05. The number of fused-ring (bicyclic) bond motifs is 1. The molecule has 0 atom stereocenters. The SMILES string of the molecule is C/C(=C\CCBr)c1ccc2ccccc2c1. The summed E-state index contributed by atoms with van der Waals surface area (Å²) < 4.78 is 0. The summed E-state index contributed by atoms with van der Waals surface area (Å²) in [5, 5.41) is 3.64. The van der Waals surface area contributed by atoms with Gasteiger partial charge >= 0.3 is 0 Å². The molecular formula is C15H15Br. The summed E-state index contributed by atoms with van der Waals surface area (Å²) in [6.45, 7) is 2.17.